The minimum absolute atomic E-state index is 1.07. The fourth-order valence-corrected chi connectivity index (χ4v) is 1.69. The first-order chi connectivity index (χ1) is 6.70. The number of hydrogen-bond donors (Lipinski definition) is 0. The van der Waals surface area contributed by atoms with Crippen molar-refractivity contribution in [2.24, 2.45) is 14.1 Å². The third kappa shape index (κ3) is 1.45. The molecule has 3 heteroatoms. The van der Waals surface area contributed by atoms with Crippen molar-refractivity contribution >= 4 is 0 Å². The summed E-state index contributed by atoms with van der Waals surface area (Å²) in [6, 6.07) is 2.22. The van der Waals surface area contributed by atoms with Crippen LogP contribution in [0.25, 0.3) is 11.1 Å². The van der Waals surface area contributed by atoms with Gasteiger partial charge in [0.2, 0.25) is 0 Å². The predicted octanol–water partition coefficient (Wildman–Crippen LogP) is 1.99. The van der Waals surface area contributed by atoms with E-state index in [4.69, 9.17) is 0 Å². The average molecular weight is 189 g/mol. The van der Waals surface area contributed by atoms with E-state index in [1.807, 2.05) is 24.1 Å². The summed E-state index contributed by atoms with van der Waals surface area (Å²) in [4.78, 5) is 0. The van der Waals surface area contributed by atoms with Crippen LogP contribution in [0, 0.1) is 0 Å². The van der Waals surface area contributed by atoms with Gasteiger partial charge in [-0.1, -0.05) is 6.92 Å². The Balaban J connectivity index is 2.42. The normalized spacial score (nSPS) is 10.8. The maximum absolute atomic E-state index is 4.17. The molecule has 0 radical (unpaired) electrons. The molecule has 0 saturated heterocycles. The highest BCUT2D eigenvalue weighted by molar-refractivity contribution is 5.62. The second-order valence-electron chi connectivity index (χ2n) is 3.59. The van der Waals surface area contributed by atoms with Gasteiger partial charge in [-0.25, -0.2) is 0 Å². The van der Waals surface area contributed by atoms with Crippen molar-refractivity contribution < 1.29 is 0 Å². The highest BCUT2D eigenvalue weighted by atomic mass is 15.2. The van der Waals surface area contributed by atoms with Crippen molar-refractivity contribution in [2.75, 3.05) is 0 Å². The minimum atomic E-state index is 1.07. The average Bonchev–Trinajstić information content (AvgIpc) is 2.71. The Hall–Kier alpha value is -1.51. The highest BCUT2D eigenvalue weighted by Crippen LogP contribution is 2.20. The van der Waals surface area contributed by atoms with Gasteiger partial charge in [0, 0.05) is 43.3 Å². The standard InChI is InChI=1S/C11H15N3/c1-4-11-5-9(7-13(11)2)10-6-12-14(3)8-10/h5-8H,4H2,1-3H3. The Morgan fingerprint density at radius 3 is 2.50 bits per heavy atom. The summed E-state index contributed by atoms with van der Waals surface area (Å²) < 4.78 is 4.00. The first kappa shape index (κ1) is 9.06. The Morgan fingerprint density at radius 1 is 1.21 bits per heavy atom. The fraction of sp³-hybridized carbons (Fsp3) is 0.364. The lowest BCUT2D eigenvalue weighted by Crippen LogP contribution is -1.90. The highest BCUT2D eigenvalue weighted by Gasteiger charge is 2.04. The summed E-state index contributed by atoms with van der Waals surface area (Å²) in [5.74, 6) is 0. The van der Waals surface area contributed by atoms with Crippen LogP contribution in [0.2, 0.25) is 0 Å². The van der Waals surface area contributed by atoms with Gasteiger partial charge in [-0.2, -0.15) is 5.10 Å². The molecule has 2 aromatic heterocycles. The second kappa shape index (κ2) is 3.33. The first-order valence-corrected chi connectivity index (χ1v) is 4.85. The molecule has 0 aliphatic heterocycles. The molecule has 0 saturated carbocycles. The molecule has 0 bridgehead atoms. The van der Waals surface area contributed by atoms with Crippen molar-refractivity contribution in [2.45, 2.75) is 13.3 Å². The lowest BCUT2D eigenvalue weighted by atomic mass is 10.2. The molecular formula is C11H15N3. The lowest BCUT2D eigenvalue weighted by molar-refractivity contribution is 0.768. The fourth-order valence-electron chi connectivity index (χ4n) is 1.69. The van der Waals surface area contributed by atoms with E-state index in [0.717, 1.165) is 6.42 Å². The Bertz CT molecular complexity index is 437. The smallest absolute Gasteiger partial charge is 0.0568 e. The van der Waals surface area contributed by atoms with E-state index in [1.165, 1.54) is 16.8 Å². The molecule has 0 atom stereocenters. The molecule has 2 rings (SSSR count). The van der Waals surface area contributed by atoms with Crippen LogP contribution >= 0.6 is 0 Å². The van der Waals surface area contributed by atoms with Gasteiger partial charge in [0.15, 0.2) is 0 Å². The zero-order valence-corrected chi connectivity index (χ0v) is 8.86. The van der Waals surface area contributed by atoms with Gasteiger partial charge in [-0.15, -0.1) is 0 Å². The van der Waals surface area contributed by atoms with Crippen molar-refractivity contribution in [1.29, 1.82) is 0 Å². The molecule has 0 fully saturated rings. The van der Waals surface area contributed by atoms with Gasteiger partial charge in [0.05, 0.1) is 6.20 Å². The Labute approximate surface area is 84.0 Å². The summed E-state index contributed by atoms with van der Waals surface area (Å²) in [5.41, 5.74) is 3.78. The minimum Gasteiger partial charge on any atom is -0.354 e. The van der Waals surface area contributed by atoms with E-state index in [1.54, 1.807) is 0 Å². The van der Waals surface area contributed by atoms with Gasteiger partial charge in [-0.05, 0) is 12.5 Å². The van der Waals surface area contributed by atoms with Crippen LogP contribution < -0.4 is 0 Å². The molecule has 0 aromatic carbocycles. The quantitative estimate of drug-likeness (QED) is 0.708. The summed E-state index contributed by atoms with van der Waals surface area (Å²) in [5, 5.41) is 4.17. The summed E-state index contributed by atoms with van der Waals surface area (Å²) in [6.45, 7) is 2.17. The van der Waals surface area contributed by atoms with Gasteiger partial charge in [0.1, 0.15) is 0 Å². The molecule has 0 unspecified atom stereocenters. The summed E-state index contributed by atoms with van der Waals surface area (Å²) >= 11 is 0. The van der Waals surface area contributed by atoms with Crippen LogP contribution in [0.15, 0.2) is 24.7 Å². The van der Waals surface area contributed by atoms with Crippen LogP contribution in [0.1, 0.15) is 12.6 Å². The van der Waals surface area contributed by atoms with E-state index in [9.17, 15) is 0 Å². The van der Waals surface area contributed by atoms with Gasteiger partial charge < -0.3 is 4.57 Å². The first-order valence-electron chi connectivity index (χ1n) is 4.85. The molecular weight excluding hydrogens is 174 g/mol. The molecule has 0 aliphatic rings. The lowest BCUT2D eigenvalue weighted by Gasteiger charge is -1.95. The van der Waals surface area contributed by atoms with E-state index >= 15 is 0 Å². The zero-order chi connectivity index (χ0) is 10.1. The third-order valence-corrected chi connectivity index (χ3v) is 2.51. The number of nitrogens with zero attached hydrogens (tertiary/aromatic N) is 3. The topological polar surface area (TPSA) is 22.8 Å². The Kier molecular flexibility index (Phi) is 2.15. The largest absolute Gasteiger partial charge is 0.354 e. The zero-order valence-electron chi connectivity index (χ0n) is 8.86. The van der Waals surface area contributed by atoms with Gasteiger partial charge in [0.25, 0.3) is 0 Å². The number of aryl methyl sites for hydroxylation is 3. The van der Waals surface area contributed by atoms with E-state index in [0.29, 0.717) is 0 Å². The Morgan fingerprint density at radius 2 is 2.00 bits per heavy atom. The van der Waals surface area contributed by atoms with Crippen molar-refractivity contribution in [3.63, 3.8) is 0 Å². The monoisotopic (exact) mass is 189 g/mol. The summed E-state index contributed by atoms with van der Waals surface area (Å²) in [6.07, 6.45) is 7.15. The number of hydrogen-bond acceptors (Lipinski definition) is 1. The maximum Gasteiger partial charge on any atom is 0.0568 e. The number of rotatable bonds is 2. The second-order valence-corrected chi connectivity index (χ2v) is 3.59. The van der Waals surface area contributed by atoms with Crippen molar-refractivity contribution in [3.05, 3.63) is 30.4 Å². The van der Waals surface area contributed by atoms with Gasteiger partial charge >= 0.3 is 0 Å². The van der Waals surface area contributed by atoms with E-state index < -0.39 is 0 Å². The van der Waals surface area contributed by atoms with E-state index in [-0.39, 0.29) is 0 Å². The van der Waals surface area contributed by atoms with Gasteiger partial charge in [-0.3, -0.25) is 4.68 Å². The van der Waals surface area contributed by atoms with E-state index in [2.05, 4.69) is 35.9 Å². The third-order valence-electron chi connectivity index (χ3n) is 2.51. The maximum atomic E-state index is 4.17. The van der Waals surface area contributed by atoms with Crippen LogP contribution in [-0.2, 0) is 20.5 Å². The molecule has 2 heterocycles. The molecule has 74 valence electrons. The summed E-state index contributed by atoms with van der Waals surface area (Å²) in [7, 11) is 4.02. The molecule has 0 amide bonds. The molecule has 3 nitrogen and oxygen atoms in total. The van der Waals surface area contributed by atoms with Crippen LogP contribution in [0.4, 0.5) is 0 Å². The molecule has 0 N–H and O–H groups in total. The predicted molar refractivity (Wildman–Crippen MR) is 57.0 cm³/mol. The van der Waals surface area contributed by atoms with Crippen molar-refractivity contribution in [3.8, 4) is 11.1 Å². The number of aromatic nitrogens is 3. The van der Waals surface area contributed by atoms with Crippen LogP contribution in [0.5, 0.6) is 0 Å². The molecule has 0 spiro atoms. The van der Waals surface area contributed by atoms with Crippen LogP contribution in [-0.4, -0.2) is 14.3 Å². The molecule has 0 aliphatic carbocycles. The molecule has 2 aromatic rings. The van der Waals surface area contributed by atoms with Crippen molar-refractivity contribution in [1.82, 2.24) is 14.3 Å². The SMILES string of the molecule is CCc1cc(-c2cnn(C)c2)cn1C. The van der Waals surface area contributed by atoms with Crippen LogP contribution in [0.3, 0.4) is 0 Å². The molecule has 14 heavy (non-hydrogen) atoms.